The molecule has 0 aliphatic carbocycles. The predicted molar refractivity (Wildman–Crippen MR) is 254 cm³/mol. The Kier molecular flexibility index (Phi) is 43.6. The summed E-state index contributed by atoms with van der Waals surface area (Å²) in [4.78, 5) is 46.1. The van der Waals surface area contributed by atoms with Crippen LogP contribution in [0.3, 0.4) is 0 Å². The van der Waals surface area contributed by atoms with E-state index in [1.54, 1.807) is 0 Å². The van der Waals surface area contributed by atoms with Crippen molar-refractivity contribution in [2.24, 2.45) is 5.73 Å². The first-order valence-corrected chi connectivity index (χ1v) is 26.5. The number of ether oxygens (including phenoxy) is 2. The predicted octanol–water partition coefficient (Wildman–Crippen LogP) is 14.0. The van der Waals surface area contributed by atoms with E-state index >= 15 is 0 Å². The van der Waals surface area contributed by atoms with Crippen molar-refractivity contribution in [1.82, 2.24) is 0 Å². The van der Waals surface area contributed by atoms with Gasteiger partial charge in [0.05, 0.1) is 13.2 Å². The van der Waals surface area contributed by atoms with E-state index in [0.29, 0.717) is 12.8 Å². The minimum Gasteiger partial charge on any atom is -0.480 e. The second-order valence-electron chi connectivity index (χ2n) is 17.0. The molecule has 0 amide bonds. The van der Waals surface area contributed by atoms with E-state index in [9.17, 15) is 23.8 Å². The molecule has 362 valence electrons. The number of esters is 2. The standard InChI is InChI=1S/C50H92NO10P/c1-3-5-7-9-11-13-15-17-19-21-22-23-24-26-28-30-32-34-36-38-40-42-49(53)61-46(44-59-62(56,57)60-45-47(51)50(54)55)43-58-48(52)41-39-37-35-33-31-29-27-25-20-18-16-14-12-10-8-6-4-2/h12,14,18,20,27,29,46-47H,3-11,13,15-17,19,21-26,28,30-45,51H2,1-2H3,(H,54,55)(H,56,57)/b14-12+,20-18+,29-27+/t46-,47+/m1/s1. The smallest absolute Gasteiger partial charge is 0.472 e. The Bertz CT molecular complexity index is 1190. The third-order valence-electron chi connectivity index (χ3n) is 10.9. The Hall–Kier alpha value is -2.30. The number of carboxylic acid groups (broad SMARTS) is 1. The number of aliphatic carboxylic acids is 1. The van der Waals surface area contributed by atoms with Gasteiger partial charge in [0.1, 0.15) is 12.6 Å². The Morgan fingerprint density at radius 1 is 0.500 bits per heavy atom. The van der Waals surface area contributed by atoms with Crippen LogP contribution in [-0.2, 0) is 37.5 Å². The maximum atomic E-state index is 12.7. The fourth-order valence-electron chi connectivity index (χ4n) is 6.96. The summed E-state index contributed by atoms with van der Waals surface area (Å²) in [6, 6.07) is -1.52. The molecule has 62 heavy (non-hydrogen) atoms. The van der Waals surface area contributed by atoms with Gasteiger partial charge in [-0.15, -0.1) is 0 Å². The SMILES string of the molecule is CCCCC/C=C/C/C=C/C/C=C/CCCCCCC(=O)OC[C@H](COP(=O)(O)OC[C@H](N)C(=O)O)OC(=O)CCCCCCCCCCCCCCCCCCCCCCC. The lowest BCUT2D eigenvalue weighted by molar-refractivity contribution is -0.161. The van der Waals surface area contributed by atoms with Gasteiger partial charge in [-0.1, -0.05) is 204 Å². The zero-order chi connectivity index (χ0) is 45.6. The summed E-state index contributed by atoms with van der Waals surface area (Å²) in [5, 5.41) is 8.91. The van der Waals surface area contributed by atoms with Gasteiger partial charge in [0.2, 0.25) is 0 Å². The minimum absolute atomic E-state index is 0.160. The Balaban J connectivity index is 4.27. The van der Waals surface area contributed by atoms with Crippen LogP contribution in [-0.4, -0.2) is 59.9 Å². The van der Waals surface area contributed by atoms with Crippen molar-refractivity contribution in [1.29, 1.82) is 0 Å². The molecule has 0 fully saturated rings. The van der Waals surface area contributed by atoms with Gasteiger partial charge in [-0.3, -0.25) is 23.4 Å². The van der Waals surface area contributed by atoms with Gasteiger partial charge in [-0.05, 0) is 51.4 Å². The lowest BCUT2D eigenvalue weighted by atomic mass is 10.0. The van der Waals surface area contributed by atoms with Crippen LogP contribution in [0.25, 0.3) is 0 Å². The highest BCUT2D eigenvalue weighted by molar-refractivity contribution is 7.47. The largest absolute Gasteiger partial charge is 0.480 e. The number of carboxylic acids is 1. The Morgan fingerprint density at radius 2 is 0.855 bits per heavy atom. The van der Waals surface area contributed by atoms with Crippen molar-refractivity contribution in [3.8, 4) is 0 Å². The monoisotopic (exact) mass is 898 g/mol. The number of carbonyl (C=O) groups is 3. The maximum Gasteiger partial charge on any atom is 0.472 e. The van der Waals surface area contributed by atoms with Crippen molar-refractivity contribution >= 4 is 25.7 Å². The second-order valence-corrected chi connectivity index (χ2v) is 18.4. The first-order chi connectivity index (χ1) is 30.1. The number of hydrogen-bond donors (Lipinski definition) is 3. The van der Waals surface area contributed by atoms with Crippen LogP contribution in [0.15, 0.2) is 36.5 Å². The van der Waals surface area contributed by atoms with Gasteiger partial charge in [0.15, 0.2) is 6.10 Å². The molecule has 0 rings (SSSR count). The molecule has 0 heterocycles. The van der Waals surface area contributed by atoms with E-state index in [-0.39, 0.29) is 19.4 Å². The molecule has 3 atom stereocenters. The van der Waals surface area contributed by atoms with Crippen molar-refractivity contribution < 1.29 is 47.5 Å². The van der Waals surface area contributed by atoms with Gasteiger partial charge < -0.3 is 25.2 Å². The third-order valence-corrected chi connectivity index (χ3v) is 11.8. The van der Waals surface area contributed by atoms with E-state index in [1.165, 1.54) is 135 Å². The summed E-state index contributed by atoms with van der Waals surface area (Å²) >= 11 is 0. The lowest BCUT2D eigenvalue weighted by Gasteiger charge is -2.20. The molecule has 0 aromatic rings. The molecule has 4 N–H and O–H groups in total. The zero-order valence-corrected chi connectivity index (χ0v) is 40.4. The molecule has 11 nitrogen and oxygen atoms in total. The van der Waals surface area contributed by atoms with Gasteiger partial charge in [0, 0.05) is 12.8 Å². The van der Waals surface area contributed by atoms with E-state index < -0.39 is 51.1 Å². The normalized spacial score (nSPS) is 13.9. The Morgan fingerprint density at radius 3 is 1.31 bits per heavy atom. The lowest BCUT2D eigenvalue weighted by Crippen LogP contribution is -2.34. The Labute approximate surface area is 378 Å². The molecule has 0 aromatic carbocycles. The van der Waals surface area contributed by atoms with E-state index in [1.807, 2.05) is 0 Å². The van der Waals surface area contributed by atoms with Gasteiger partial charge in [-0.2, -0.15) is 0 Å². The second kappa shape index (κ2) is 45.3. The first kappa shape index (κ1) is 59.7. The topological polar surface area (TPSA) is 172 Å². The molecule has 0 saturated carbocycles. The average molecular weight is 898 g/mol. The maximum absolute atomic E-state index is 12.7. The molecule has 0 radical (unpaired) electrons. The van der Waals surface area contributed by atoms with Crippen LogP contribution in [0.5, 0.6) is 0 Å². The fraction of sp³-hybridized carbons (Fsp3) is 0.820. The third kappa shape index (κ3) is 44.3. The van der Waals surface area contributed by atoms with Crippen molar-refractivity contribution in [2.75, 3.05) is 19.8 Å². The summed E-state index contributed by atoms with van der Waals surface area (Å²) in [6.07, 6.45) is 50.6. The minimum atomic E-state index is -4.72. The van der Waals surface area contributed by atoms with E-state index in [0.717, 1.165) is 57.8 Å². The highest BCUT2D eigenvalue weighted by atomic mass is 31.2. The van der Waals surface area contributed by atoms with Crippen LogP contribution in [0.2, 0.25) is 0 Å². The van der Waals surface area contributed by atoms with Crippen molar-refractivity contribution in [3.63, 3.8) is 0 Å². The number of phosphoric ester groups is 1. The van der Waals surface area contributed by atoms with Crippen LogP contribution >= 0.6 is 7.82 Å². The summed E-state index contributed by atoms with van der Waals surface area (Å²) in [5.41, 5.74) is 5.35. The number of hydrogen-bond acceptors (Lipinski definition) is 9. The number of carbonyl (C=O) groups excluding carboxylic acids is 2. The van der Waals surface area contributed by atoms with Gasteiger partial charge >= 0.3 is 25.7 Å². The average Bonchev–Trinajstić information content (AvgIpc) is 3.25. The number of nitrogens with two attached hydrogens (primary N) is 1. The molecular formula is C50H92NO10P. The van der Waals surface area contributed by atoms with Crippen LogP contribution in [0.4, 0.5) is 0 Å². The summed E-state index contributed by atoms with van der Waals surface area (Å²) in [5.74, 6) is -2.39. The van der Waals surface area contributed by atoms with Crippen LogP contribution in [0, 0.1) is 0 Å². The fourth-order valence-corrected chi connectivity index (χ4v) is 7.73. The molecule has 0 bridgehead atoms. The van der Waals surface area contributed by atoms with Gasteiger partial charge in [-0.25, -0.2) is 4.57 Å². The van der Waals surface area contributed by atoms with E-state index in [4.69, 9.17) is 24.8 Å². The molecule has 0 aliphatic heterocycles. The number of phosphoric acid groups is 1. The zero-order valence-electron chi connectivity index (χ0n) is 39.5. The molecule has 1 unspecified atom stereocenters. The molecule has 12 heteroatoms. The summed E-state index contributed by atoms with van der Waals surface area (Å²) in [7, 11) is -4.72. The summed E-state index contributed by atoms with van der Waals surface area (Å²) < 4.78 is 32.8. The van der Waals surface area contributed by atoms with Crippen molar-refractivity contribution in [2.45, 2.75) is 244 Å². The van der Waals surface area contributed by atoms with E-state index in [2.05, 4.69) is 54.8 Å². The molecule has 0 saturated heterocycles. The van der Waals surface area contributed by atoms with Crippen LogP contribution < -0.4 is 5.73 Å². The highest BCUT2D eigenvalue weighted by Crippen LogP contribution is 2.43. The highest BCUT2D eigenvalue weighted by Gasteiger charge is 2.28. The number of allylic oxidation sites excluding steroid dienone is 6. The van der Waals surface area contributed by atoms with Crippen molar-refractivity contribution in [3.05, 3.63) is 36.5 Å². The molecular weight excluding hydrogens is 806 g/mol. The number of rotatable bonds is 47. The van der Waals surface area contributed by atoms with Crippen LogP contribution in [0.1, 0.15) is 232 Å². The molecule has 0 spiro atoms. The van der Waals surface area contributed by atoms with Gasteiger partial charge in [0.25, 0.3) is 0 Å². The first-order valence-electron chi connectivity index (χ1n) is 25.0. The quantitative estimate of drug-likeness (QED) is 0.0230. The molecule has 0 aromatic heterocycles. The number of unbranched alkanes of at least 4 members (excludes halogenated alkanes) is 27. The molecule has 0 aliphatic rings. The summed E-state index contributed by atoms with van der Waals surface area (Å²) in [6.45, 7) is 2.79.